The zero-order valence-corrected chi connectivity index (χ0v) is 7.56. The van der Waals surface area contributed by atoms with Gasteiger partial charge in [0, 0.05) is 10.2 Å². The highest BCUT2D eigenvalue weighted by atomic mass is 28.2. The topological polar surface area (TPSA) is 9.23 Å². The molecule has 0 spiro atoms. The van der Waals surface area contributed by atoms with Crippen molar-refractivity contribution >= 4 is 20.7 Å². The third-order valence-electron chi connectivity index (χ3n) is 0.272. The highest BCUT2D eigenvalue weighted by Crippen LogP contribution is 1.58. The summed E-state index contributed by atoms with van der Waals surface area (Å²) in [6.45, 7) is 0. The zero-order chi connectivity index (χ0) is 4.12. The smallest absolute Gasteiger partial charge is 0.203 e. The molecule has 0 aliphatic carbocycles. The molecule has 0 rings (SSSR count). The molecule has 0 N–H and O–H groups in total. The van der Waals surface area contributed by atoms with Crippen LogP contribution in [0.25, 0.3) is 0 Å². The maximum atomic E-state index is 4.68. The van der Waals surface area contributed by atoms with E-state index in [1.807, 2.05) is 5.70 Å². The molecule has 0 bridgehead atoms. The maximum absolute atomic E-state index is 4.68. The molecular formula is C2H8OSi2. The summed E-state index contributed by atoms with van der Waals surface area (Å²) >= 11 is 0. The van der Waals surface area contributed by atoms with Crippen LogP contribution in [-0.4, -0.2) is 20.7 Å². The van der Waals surface area contributed by atoms with Crippen LogP contribution in [0.5, 0.6) is 0 Å². The molecule has 0 aliphatic heterocycles. The lowest BCUT2D eigenvalue weighted by molar-refractivity contribution is 0.536. The van der Waals surface area contributed by atoms with E-state index >= 15 is 0 Å². The predicted molar refractivity (Wildman–Crippen MR) is 30.1 cm³/mol. The van der Waals surface area contributed by atoms with Crippen molar-refractivity contribution in [1.29, 1.82) is 0 Å². The van der Waals surface area contributed by atoms with Gasteiger partial charge in [0.25, 0.3) is 0 Å². The predicted octanol–water partition coefficient (Wildman–Crippen LogP) is -1.88. The van der Waals surface area contributed by atoms with Crippen LogP contribution in [0.4, 0.5) is 0 Å². The third kappa shape index (κ3) is 3.97. The van der Waals surface area contributed by atoms with Crippen LogP contribution in [0.1, 0.15) is 0 Å². The lowest BCUT2D eigenvalue weighted by atomic mass is 11.2. The first-order valence-corrected chi connectivity index (χ1v) is 3.53. The Morgan fingerprint density at radius 1 is 1.60 bits per heavy atom. The quantitative estimate of drug-likeness (QED) is 0.279. The standard InChI is InChI=1S/C2H8OSi2/c4-2-1-3-5/h1-2H,4-5H3. The Bertz CT molecular complexity index is 34.6. The number of rotatable bonds is 1. The molecule has 0 saturated heterocycles. The number of hydrogen-bond donors (Lipinski definition) is 0. The SMILES string of the molecule is [SiH3]C=CO[SiH3]. The molecule has 0 saturated carbocycles. The van der Waals surface area contributed by atoms with Gasteiger partial charge in [-0.2, -0.15) is 0 Å². The van der Waals surface area contributed by atoms with E-state index in [9.17, 15) is 0 Å². The molecule has 3 heteroatoms. The highest BCUT2D eigenvalue weighted by molar-refractivity contribution is 6.17. The van der Waals surface area contributed by atoms with Crippen molar-refractivity contribution in [2.75, 3.05) is 0 Å². The van der Waals surface area contributed by atoms with Gasteiger partial charge in [-0.15, -0.1) is 0 Å². The van der Waals surface area contributed by atoms with Gasteiger partial charge in [0.1, 0.15) is 0 Å². The van der Waals surface area contributed by atoms with E-state index in [-0.39, 0.29) is 0 Å². The van der Waals surface area contributed by atoms with Crippen molar-refractivity contribution in [2.24, 2.45) is 0 Å². The monoisotopic (exact) mass is 104 g/mol. The van der Waals surface area contributed by atoms with Gasteiger partial charge in [-0.25, -0.2) is 0 Å². The molecule has 0 aliphatic rings. The fourth-order valence-electron chi connectivity index (χ4n) is 0.136. The van der Waals surface area contributed by atoms with Crippen LogP contribution < -0.4 is 0 Å². The summed E-state index contributed by atoms with van der Waals surface area (Å²) in [7, 11) is 1.95. The summed E-state index contributed by atoms with van der Waals surface area (Å²) in [5.74, 6) is 0. The van der Waals surface area contributed by atoms with Gasteiger partial charge in [-0.05, 0) is 0 Å². The van der Waals surface area contributed by atoms with Crippen molar-refractivity contribution in [3.05, 3.63) is 12.0 Å². The van der Waals surface area contributed by atoms with Crippen molar-refractivity contribution in [2.45, 2.75) is 0 Å². The highest BCUT2D eigenvalue weighted by Gasteiger charge is 1.47. The Kier molecular flexibility index (Phi) is 3.95. The Morgan fingerprint density at radius 2 is 2.20 bits per heavy atom. The van der Waals surface area contributed by atoms with Crippen molar-refractivity contribution in [1.82, 2.24) is 0 Å². The Balaban J connectivity index is 2.62. The third-order valence-corrected chi connectivity index (χ3v) is 0.816. The van der Waals surface area contributed by atoms with Gasteiger partial charge in [-0.3, -0.25) is 0 Å². The Hall–Kier alpha value is -0.0262. The van der Waals surface area contributed by atoms with Crippen LogP contribution >= 0.6 is 0 Å². The first-order valence-electron chi connectivity index (χ1n) is 1.55. The van der Waals surface area contributed by atoms with Gasteiger partial charge in [0.2, 0.25) is 10.5 Å². The summed E-state index contributed by atoms with van der Waals surface area (Å²) in [5.41, 5.74) is 2.01. The zero-order valence-electron chi connectivity index (χ0n) is 3.56. The second-order valence-electron chi connectivity index (χ2n) is 0.705. The fraction of sp³-hybridized carbons (Fsp3) is 0. The minimum absolute atomic E-state index is 0.834. The molecule has 0 aromatic heterocycles. The normalized spacial score (nSPS) is 10.4. The van der Waals surface area contributed by atoms with Crippen LogP contribution in [0.2, 0.25) is 0 Å². The molecule has 0 heterocycles. The van der Waals surface area contributed by atoms with Crippen molar-refractivity contribution < 1.29 is 4.43 Å². The lowest BCUT2D eigenvalue weighted by Gasteiger charge is -1.78. The first kappa shape index (κ1) is 4.97. The van der Waals surface area contributed by atoms with Gasteiger partial charge in [-0.1, -0.05) is 5.70 Å². The summed E-state index contributed by atoms with van der Waals surface area (Å²) in [6.07, 6.45) is 1.75. The second-order valence-corrected chi connectivity index (χ2v) is 1.84. The molecule has 0 unspecified atom stereocenters. The maximum Gasteiger partial charge on any atom is 0.203 e. The van der Waals surface area contributed by atoms with E-state index in [1.54, 1.807) is 6.26 Å². The molecule has 1 nitrogen and oxygen atoms in total. The molecule has 0 atom stereocenters. The Morgan fingerprint density at radius 3 is 2.20 bits per heavy atom. The molecule has 0 aromatic carbocycles. The van der Waals surface area contributed by atoms with Crippen molar-refractivity contribution in [3.63, 3.8) is 0 Å². The van der Waals surface area contributed by atoms with Crippen LogP contribution in [0, 0.1) is 0 Å². The van der Waals surface area contributed by atoms with Gasteiger partial charge >= 0.3 is 0 Å². The summed E-state index contributed by atoms with van der Waals surface area (Å²) in [4.78, 5) is 0. The van der Waals surface area contributed by atoms with E-state index < -0.39 is 0 Å². The number of hydrogen-bond acceptors (Lipinski definition) is 1. The van der Waals surface area contributed by atoms with Gasteiger partial charge in [0.05, 0.1) is 6.26 Å². The average Bonchev–Trinajstić information content (AvgIpc) is 1.41. The van der Waals surface area contributed by atoms with E-state index in [1.165, 1.54) is 0 Å². The summed E-state index contributed by atoms with van der Waals surface area (Å²) in [5, 5.41) is 0. The molecule has 5 heavy (non-hydrogen) atoms. The van der Waals surface area contributed by atoms with E-state index in [4.69, 9.17) is 0 Å². The average molecular weight is 104 g/mol. The van der Waals surface area contributed by atoms with Crippen LogP contribution in [-0.2, 0) is 4.43 Å². The van der Waals surface area contributed by atoms with E-state index in [2.05, 4.69) is 4.43 Å². The summed E-state index contributed by atoms with van der Waals surface area (Å²) in [6, 6.07) is 0. The van der Waals surface area contributed by atoms with E-state index in [0.29, 0.717) is 0 Å². The van der Waals surface area contributed by atoms with Crippen LogP contribution in [0.15, 0.2) is 12.0 Å². The minimum atomic E-state index is 0.834. The van der Waals surface area contributed by atoms with E-state index in [0.717, 1.165) is 20.7 Å². The molecule has 0 radical (unpaired) electrons. The molecule has 0 amide bonds. The Labute approximate surface area is 38.0 Å². The van der Waals surface area contributed by atoms with Crippen molar-refractivity contribution in [3.8, 4) is 0 Å². The first-order chi connectivity index (χ1) is 2.41. The van der Waals surface area contributed by atoms with Crippen LogP contribution in [0.3, 0.4) is 0 Å². The fourth-order valence-corrected chi connectivity index (χ4v) is 1.22. The molecular weight excluding hydrogens is 96.2 g/mol. The molecule has 0 aromatic rings. The van der Waals surface area contributed by atoms with Gasteiger partial charge in [0.15, 0.2) is 0 Å². The van der Waals surface area contributed by atoms with Gasteiger partial charge < -0.3 is 4.43 Å². The largest absolute Gasteiger partial charge is 0.559 e. The second kappa shape index (κ2) is 3.97. The summed E-state index contributed by atoms with van der Waals surface area (Å²) < 4.78 is 4.68. The molecule has 0 fully saturated rings. The minimum Gasteiger partial charge on any atom is -0.559 e. The molecule has 30 valence electrons. The lowest BCUT2D eigenvalue weighted by Crippen LogP contribution is -1.64.